The molecule has 1 amide bonds. The lowest BCUT2D eigenvalue weighted by Gasteiger charge is -2.25. The SMILES string of the molecule is CN=C1NC(=O)C(C2CCCOC2)N1. The van der Waals surface area contributed by atoms with Crippen molar-refractivity contribution in [1.29, 1.82) is 0 Å². The van der Waals surface area contributed by atoms with Crippen molar-refractivity contribution in [3.8, 4) is 0 Å². The van der Waals surface area contributed by atoms with Gasteiger partial charge in [0.05, 0.1) is 6.61 Å². The predicted molar refractivity (Wildman–Crippen MR) is 52.0 cm³/mol. The number of aliphatic imine (C=N–C) groups is 1. The van der Waals surface area contributed by atoms with Crippen LogP contribution in [0.25, 0.3) is 0 Å². The molecule has 0 aliphatic carbocycles. The quantitative estimate of drug-likeness (QED) is 0.595. The number of guanidine groups is 1. The van der Waals surface area contributed by atoms with Crippen molar-refractivity contribution in [3.63, 3.8) is 0 Å². The van der Waals surface area contributed by atoms with Gasteiger partial charge in [-0.25, -0.2) is 0 Å². The molecule has 5 heteroatoms. The smallest absolute Gasteiger partial charge is 0.249 e. The van der Waals surface area contributed by atoms with Gasteiger partial charge >= 0.3 is 0 Å². The Morgan fingerprint density at radius 3 is 3.00 bits per heavy atom. The molecule has 2 aliphatic rings. The monoisotopic (exact) mass is 197 g/mol. The molecule has 2 fully saturated rings. The standard InChI is InChI=1S/C9H15N3O2/c1-10-9-11-7(8(13)12-9)6-3-2-4-14-5-6/h6-7H,2-5H2,1H3,(H2,10,11,12,13). The summed E-state index contributed by atoms with van der Waals surface area (Å²) in [5, 5.41) is 5.76. The molecule has 0 bridgehead atoms. The van der Waals surface area contributed by atoms with E-state index in [1.807, 2.05) is 0 Å². The lowest BCUT2D eigenvalue weighted by atomic mass is 9.94. The van der Waals surface area contributed by atoms with Gasteiger partial charge in [0.1, 0.15) is 6.04 Å². The number of ether oxygens (including phenoxy) is 1. The fourth-order valence-electron chi connectivity index (χ4n) is 1.92. The van der Waals surface area contributed by atoms with E-state index >= 15 is 0 Å². The maximum absolute atomic E-state index is 11.5. The summed E-state index contributed by atoms with van der Waals surface area (Å²) in [5.41, 5.74) is 0. The zero-order valence-corrected chi connectivity index (χ0v) is 8.25. The van der Waals surface area contributed by atoms with Gasteiger partial charge in [-0.3, -0.25) is 15.1 Å². The van der Waals surface area contributed by atoms with Crippen LogP contribution in [0.3, 0.4) is 0 Å². The molecule has 2 N–H and O–H groups in total. The van der Waals surface area contributed by atoms with Crippen LogP contribution in [-0.2, 0) is 9.53 Å². The Labute approximate surface area is 82.9 Å². The van der Waals surface area contributed by atoms with Gasteiger partial charge < -0.3 is 10.1 Å². The number of amides is 1. The molecule has 2 atom stereocenters. The Bertz CT molecular complexity index is 259. The van der Waals surface area contributed by atoms with E-state index < -0.39 is 0 Å². The fraction of sp³-hybridized carbons (Fsp3) is 0.778. The second-order valence-corrected chi connectivity index (χ2v) is 3.66. The van der Waals surface area contributed by atoms with Crippen LogP contribution in [0.15, 0.2) is 4.99 Å². The highest BCUT2D eigenvalue weighted by molar-refractivity contribution is 6.06. The largest absolute Gasteiger partial charge is 0.381 e. The summed E-state index contributed by atoms with van der Waals surface area (Å²) in [6.45, 7) is 1.49. The first-order valence-corrected chi connectivity index (χ1v) is 4.93. The van der Waals surface area contributed by atoms with Gasteiger partial charge in [-0.1, -0.05) is 0 Å². The minimum absolute atomic E-state index is 0.0149. The van der Waals surface area contributed by atoms with E-state index in [0.29, 0.717) is 12.6 Å². The molecular weight excluding hydrogens is 182 g/mol. The van der Waals surface area contributed by atoms with Crippen LogP contribution < -0.4 is 10.6 Å². The molecule has 2 aliphatic heterocycles. The summed E-state index contributed by atoms with van der Waals surface area (Å²) in [5.74, 6) is 0.870. The first kappa shape index (κ1) is 9.45. The predicted octanol–water partition coefficient (Wildman–Crippen LogP) is -0.513. The number of nitrogens with zero attached hydrogens (tertiary/aromatic N) is 1. The van der Waals surface area contributed by atoms with E-state index in [2.05, 4.69) is 15.6 Å². The Morgan fingerprint density at radius 1 is 1.57 bits per heavy atom. The van der Waals surface area contributed by atoms with Gasteiger partial charge in [0.15, 0.2) is 5.96 Å². The van der Waals surface area contributed by atoms with Gasteiger partial charge in [-0.2, -0.15) is 0 Å². The molecule has 14 heavy (non-hydrogen) atoms. The normalized spacial score (nSPS) is 35.5. The third-order valence-corrected chi connectivity index (χ3v) is 2.71. The summed E-state index contributed by atoms with van der Waals surface area (Å²) in [6, 6.07) is -0.158. The van der Waals surface area contributed by atoms with E-state index in [0.717, 1.165) is 19.4 Å². The van der Waals surface area contributed by atoms with Crippen LogP contribution in [-0.4, -0.2) is 38.2 Å². The van der Waals surface area contributed by atoms with E-state index in [4.69, 9.17) is 4.74 Å². The molecule has 0 aromatic carbocycles. The van der Waals surface area contributed by atoms with Gasteiger partial charge in [-0.15, -0.1) is 0 Å². The van der Waals surface area contributed by atoms with Crippen molar-refractivity contribution in [1.82, 2.24) is 10.6 Å². The van der Waals surface area contributed by atoms with Crippen molar-refractivity contribution >= 4 is 11.9 Å². The fourth-order valence-corrected chi connectivity index (χ4v) is 1.92. The molecule has 2 heterocycles. The van der Waals surface area contributed by atoms with Gasteiger partial charge in [0.2, 0.25) is 5.91 Å². The third-order valence-electron chi connectivity index (χ3n) is 2.71. The topological polar surface area (TPSA) is 62.7 Å². The number of nitrogens with one attached hydrogen (secondary N) is 2. The second kappa shape index (κ2) is 3.96. The number of hydrogen-bond donors (Lipinski definition) is 2. The van der Waals surface area contributed by atoms with Crippen molar-refractivity contribution in [2.45, 2.75) is 18.9 Å². The van der Waals surface area contributed by atoms with Crippen LogP contribution in [0.4, 0.5) is 0 Å². The average molecular weight is 197 g/mol. The minimum Gasteiger partial charge on any atom is -0.381 e. The average Bonchev–Trinajstić information content (AvgIpc) is 2.61. The molecule has 2 unspecified atom stereocenters. The highest BCUT2D eigenvalue weighted by atomic mass is 16.5. The summed E-state index contributed by atoms with van der Waals surface area (Å²) in [4.78, 5) is 15.4. The zero-order valence-electron chi connectivity index (χ0n) is 8.25. The van der Waals surface area contributed by atoms with E-state index in [1.54, 1.807) is 7.05 Å². The van der Waals surface area contributed by atoms with Crippen LogP contribution in [0.1, 0.15) is 12.8 Å². The first-order valence-electron chi connectivity index (χ1n) is 4.93. The molecular formula is C9H15N3O2. The Morgan fingerprint density at radius 2 is 2.43 bits per heavy atom. The number of rotatable bonds is 1. The molecule has 0 radical (unpaired) electrons. The van der Waals surface area contributed by atoms with Crippen molar-refractivity contribution in [2.75, 3.05) is 20.3 Å². The third kappa shape index (κ3) is 1.72. The Kier molecular flexibility index (Phi) is 2.67. The molecule has 0 aromatic rings. The lowest BCUT2D eigenvalue weighted by molar-refractivity contribution is -0.122. The molecule has 5 nitrogen and oxygen atoms in total. The lowest BCUT2D eigenvalue weighted by Crippen LogP contribution is -2.41. The summed E-state index contributed by atoms with van der Waals surface area (Å²) < 4.78 is 5.35. The summed E-state index contributed by atoms with van der Waals surface area (Å²) in [6.07, 6.45) is 2.08. The number of carbonyl (C=O) groups is 1. The second-order valence-electron chi connectivity index (χ2n) is 3.66. The maximum Gasteiger partial charge on any atom is 0.249 e. The number of hydrogen-bond acceptors (Lipinski definition) is 3. The highest BCUT2D eigenvalue weighted by Gasteiger charge is 2.35. The molecule has 0 spiro atoms. The van der Waals surface area contributed by atoms with Crippen LogP contribution in [0.5, 0.6) is 0 Å². The Balaban J connectivity index is 2.00. The molecule has 78 valence electrons. The van der Waals surface area contributed by atoms with Crippen LogP contribution in [0, 0.1) is 5.92 Å². The number of carbonyl (C=O) groups excluding carboxylic acids is 1. The Hall–Kier alpha value is -1.10. The van der Waals surface area contributed by atoms with E-state index in [1.165, 1.54) is 0 Å². The van der Waals surface area contributed by atoms with E-state index in [-0.39, 0.29) is 17.9 Å². The highest BCUT2D eigenvalue weighted by Crippen LogP contribution is 2.19. The summed E-state index contributed by atoms with van der Waals surface area (Å²) >= 11 is 0. The van der Waals surface area contributed by atoms with Crippen molar-refractivity contribution in [2.24, 2.45) is 10.9 Å². The van der Waals surface area contributed by atoms with Crippen molar-refractivity contribution < 1.29 is 9.53 Å². The minimum atomic E-state index is -0.158. The van der Waals surface area contributed by atoms with Crippen LogP contribution in [0.2, 0.25) is 0 Å². The molecule has 2 rings (SSSR count). The van der Waals surface area contributed by atoms with Gasteiger partial charge in [-0.05, 0) is 12.8 Å². The summed E-state index contributed by atoms with van der Waals surface area (Å²) in [7, 11) is 1.66. The van der Waals surface area contributed by atoms with Gasteiger partial charge in [0.25, 0.3) is 0 Å². The van der Waals surface area contributed by atoms with Crippen molar-refractivity contribution in [3.05, 3.63) is 0 Å². The maximum atomic E-state index is 11.5. The first-order chi connectivity index (χ1) is 6.81. The molecule has 2 saturated heterocycles. The zero-order chi connectivity index (χ0) is 9.97. The van der Waals surface area contributed by atoms with Crippen LogP contribution >= 0.6 is 0 Å². The van der Waals surface area contributed by atoms with E-state index in [9.17, 15) is 4.79 Å². The molecule has 0 saturated carbocycles. The molecule has 0 aromatic heterocycles. The van der Waals surface area contributed by atoms with Gasteiger partial charge in [0, 0.05) is 19.6 Å².